The van der Waals surface area contributed by atoms with E-state index in [-0.39, 0.29) is 30.3 Å². The Morgan fingerprint density at radius 3 is 2.29 bits per heavy atom. The highest BCUT2D eigenvalue weighted by Crippen LogP contribution is 2.20. The molecule has 5 heteroatoms. The van der Waals surface area contributed by atoms with Gasteiger partial charge in [0.15, 0.2) is 0 Å². The van der Waals surface area contributed by atoms with Gasteiger partial charge in [0.1, 0.15) is 0 Å². The van der Waals surface area contributed by atoms with E-state index in [0.717, 1.165) is 11.1 Å². The summed E-state index contributed by atoms with van der Waals surface area (Å²) in [6.07, 6.45) is 0.175. The van der Waals surface area contributed by atoms with Crippen LogP contribution in [0.15, 0.2) is 54.6 Å². The van der Waals surface area contributed by atoms with Gasteiger partial charge in [0.05, 0.1) is 18.5 Å². The molecule has 0 unspecified atom stereocenters. The van der Waals surface area contributed by atoms with Crippen molar-refractivity contribution in [2.45, 2.75) is 32.4 Å². The molecule has 126 valence electrons. The van der Waals surface area contributed by atoms with E-state index in [1.54, 1.807) is 6.07 Å². The van der Waals surface area contributed by atoms with E-state index < -0.39 is 0 Å². The summed E-state index contributed by atoms with van der Waals surface area (Å²) in [7, 11) is 0. The third kappa shape index (κ3) is 5.39. The first-order valence-corrected chi connectivity index (χ1v) is 8.20. The van der Waals surface area contributed by atoms with Crippen LogP contribution in [0.25, 0.3) is 0 Å². The molecule has 0 spiro atoms. The quantitative estimate of drug-likeness (QED) is 0.837. The second-order valence-corrected chi connectivity index (χ2v) is 6.15. The van der Waals surface area contributed by atoms with Crippen molar-refractivity contribution in [3.8, 4) is 0 Å². The predicted octanol–water partition coefficient (Wildman–Crippen LogP) is 3.78. The van der Waals surface area contributed by atoms with Crippen molar-refractivity contribution in [2.24, 2.45) is 0 Å². The second-order valence-electron chi connectivity index (χ2n) is 5.71. The van der Waals surface area contributed by atoms with Crippen LogP contribution >= 0.6 is 11.6 Å². The molecule has 4 nitrogen and oxygen atoms in total. The fraction of sp³-hybridized carbons (Fsp3) is 0.263. The van der Waals surface area contributed by atoms with Gasteiger partial charge >= 0.3 is 0 Å². The molecule has 24 heavy (non-hydrogen) atoms. The van der Waals surface area contributed by atoms with Crippen LogP contribution < -0.4 is 10.6 Å². The Kier molecular flexibility index (Phi) is 6.38. The highest BCUT2D eigenvalue weighted by atomic mass is 35.5. The number of benzene rings is 2. The molecule has 0 saturated carbocycles. The predicted molar refractivity (Wildman–Crippen MR) is 95.6 cm³/mol. The smallest absolute Gasteiger partial charge is 0.222 e. The van der Waals surface area contributed by atoms with Gasteiger partial charge in [0, 0.05) is 11.9 Å². The standard InChI is InChI=1S/C19H21ClN2O2/c1-13(16-9-6-10-17(20)11-16)21-19(24)12-18(22-14(2)23)15-7-4-3-5-8-15/h3-11,13,18H,12H2,1-2H3,(H,21,24)(H,22,23)/t13-,18-/m1/s1. The van der Waals surface area contributed by atoms with E-state index in [2.05, 4.69) is 10.6 Å². The van der Waals surface area contributed by atoms with Crippen LogP contribution in [-0.4, -0.2) is 11.8 Å². The van der Waals surface area contributed by atoms with Crippen molar-refractivity contribution in [1.82, 2.24) is 10.6 Å². The third-order valence-electron chi connectivity index (χ3n) is 3.70. The van der Waals surface area contributed by atoms with Gasteiger partial charge in [-0.25, -0.2) is 0 Å². The van der Waals surface area contributed by atoms with E-state index >= 15 is 0 Å². The summed E-state index contributed by atoms with van der Waals surface area (Å²) in [5.41, 5.74) is 1.84. The maximum Gasteiger partial charge on any atom is 0.222 e. The van der Waals surface area contributed by atoms with Gasteiger partial charge in [-0.05, 0) is 30.2 Å². The van der Waals surface area contributed by atoms with Crippen molar-refractivity contribution in [3.05, 3.63) is 70.7 Å². The number of carbonyl (C=O) groups is 2. The Bertz CT molecular complexity index is 704. The summed E-state index contributed by atoms with van der Waals surface area (Å²) in [4.78, 5) is 23.8. The molecule has 0 aliphatic rings. The second kappa shape index (κ2) is 8.50. The maximum absolute atomic E-state index is 12.4. The number of hydrogen-bond donors (Lipinski definition) is 2. The molecule has 2 aromatic carbocycles. The van der Waals surface area contributed by atoms with Gasteiger partial charge in [-0.15, -0.1) is 0 Å². The first-order valence-electron chi connectivity index (χ1n) is 7.82. The van der Waals surface area contributed by atoms with Crippen LogP contribution in [0.4, 0.5) is 0 Å². The minimum atomic E-state index is -0.352. The summed E-state index contributed by atoms with van der Waals surface area (Å²) in [6, 6.07) is 16.3. The van der Waals surface area contributed by atoms with E-state index in [4.69, 9.17) is 11.6 Å². The first-order chi connectivity index (χ1) is 11.5. The summed E-state index contributed by atoms with van der Waals surface area (Å²) < 4.78 is 0. The Hall–Kier alpha value is -2.33. The molecular weight excluding hydrogens is 324 g/mol. The molecule has 0 bridgehead atoms. The summed E-state index contributed by atoms with van der Waals surface area (Å²) >= 11 is 5.99. The molecule has 2 N–H and O–H groups in total. The highest BCUT2D eigenvalue weighted by Gasteiger charge is 2.18. The molecule has 2 aromatic rings. The summed E-state index contributed by atoms with van der Waals surface area (Å²) in [5, 5.41) is 6.41. The molecule has 2 rings (SSSR count). The fourth-order valence-electron chi connectivity index (χ4n) is 2.53. The van der Waals surface area contributed by atoms with Gasteiger partial charge in [0.2, 0.25) is 11.8 Å². The average molecular weight is 345 g/mol. The molecule has 0 radical (unpaired) electrons. The number of nitrogens with one attached hydrogen (secondary N) is 2. The van der Waals surface area contributed by atoms with Crippen LogP contribution in [0, 0.1) is 0 Å². The van der Waals surface area contributed by atoms with Gasteiger partial charge in [-0.2, -0.15) is 0 Å². The zero-order valence-electron chi connectivity index (χ0n) is 13.8. The molecular formula is C19H21ClN2O2. The Morgan fingerprint density at radius 1 is 1.00 bits per heavy atom. The molecule has 2 atom stereocenters. The van der Waals surface area contributed by atoms with Crippen LogP contribution in [0.3, 0.4) is 0 Å². The lowest BCUT2D eigenvalue weighted by atomic mass is 10.0. The minimum absolute atomic E-state index is 0.134. The van der Waals surface area contributed by atoms with Crippen LogP contribution in [0.5, 0.6) is 0 Å². The van der Waals surface area contributed by atoms with Crippen molar-refractivity contribution in [3.63, 3.8) is 0 Å². The SMILES string of the molecule is CC(=O)N[C@H](CC(=O)N[C@H](C)c1cccc(Cl)c1)c1ccccc1. The third-order valence-corrected chi connectivity index (χ3v) is 3.93. The van der Waals surface area contributed by atoms with Crippen LogP contribution in [0.2, 0.25) is 5.02 Å². The molecule has 0 heterocycles. The average Bonchev–Trinajstić information content (AvgIpc) is 2.54. The largest absolute Gasteiger partial charge is 0.350 e. The molecule has 0 fully saturated rings. The van der Waals surface area contributed by atoms with Gasteiger partial charge in [-0.1, -0.05) is 54.1 Å². The molecule has 2 amide bonds. The fourth-order valence-corrected chi connectivity index (χ4v) is 2.73. The van der Waals surface area contributed by atoms with E-state index in [1.165, 1.54) is 6.92 Å². The molecule has 0 aliphatic carbocycles. The van der Waals surface area contributed by atoms with Gasteiger partial charge in [-0.3, -0.25) is 9.59 Å². The zero-order chi connectivity index (χ0) is 17.5. The lowest BCUT2D eigenvalue weighted by Crippen LogP contribution is -2.33. The van der Waals surface area contributed by atoms with Gasteiger partial charge < -0.3 is 10.6 Å². The lowest BCUT2D eigenvalue weighted by Gasteiger charge is -2.20. The monoisotopic (exact) mass is 344 g/mol. The Balaban J connectivity index is 2.03. The van der Waals surface area contributed by atoms with Gasteiger partial charge in [0.25, 0.3) is 0 Å². The summed E-state index contributed by atoms with van der Waals surface area (Å²) in [6.45, 7) is 3.35. The van der Waals surface area contributed by atoms with Crippen molar-refractivity contribution < 1.29 is 9.59 Å². The van der Waals surface area contributed by atoms with E-state index in [9.17, 15) is 9.59 Å². The Labute approximate surface area is 147 Å². The number of amides is 2. The topological polar surface area (TPSA) is 58.2 Å². The molecule has 0 aromatic heterocycles. The van der Waals surface area contributed by atoms with E-state index in [0.29, 0.717) is 5.02 Å². The zero-order valence-corrected chi connectivity index (χ0v) is 14.5. The van der Waals surface area contributed by atoms with Crippen molar-refractivity contribution >= 4 is 23.4 Å². The highest BCUT2D eigenvalue weighted by molar-refractivity contribution is 6.30. The molecule has 0 aliphatic heterocycles. The van der Waals surface area contributed by atoms with Crippen molar-refractivity contribution in [2.75, 3.05) is 0 Å². The number of rotatable bonds is 6. The number of hydrogen-bond acceptors (Lipinski definition) is 2. The minimum Gasteiger partial charge on any atom is -0.350 e. The van der Waals surface area contributed by atoms with Crippen LogP contribution in [-0.2, 0) is 9.59 Å². The normalized spacial score (nSPS) is 13.0. The maximum atomic E-state index is 12.4. The first kappa shape index (κ1) is 18.0. The summed E-state index contributed by atoms with van der Waals surface area (Å²) in [5.74, 6) is -0.301. The number of halogens is 1. The van der Waals surface area contributed by atoms with Crippen molar-refractivity contribution in [1.29, 1.82) is 0 Å². The lowest BCUT2D eigenvalue weighted by molar-refractivity contribution is -0.123. The van der Waals surface area contributed by atoms with E-state index in [1.807, 2.05) is 55.5 Å². The molecule has 0 saturated heterocycles. The Morgan fingerprint density at radius 2 is 1.67 bits per heavy atom. The number of carbonyl (C=O) groups excluding carboxylic acids is 2. The van der Waals surface area contributed by atoms with Crippen LogP contribution in [0.1, 0.15) is 43.5 Å².